The summed E-state index contributed by atoms with van der Waals surface area (Å²) >= 11 is 1.74. The van der Waals surface area contributed by atoms with Crippen LogP contribution in [0.1, 0.15) is 20.3 Å². The van der Waals surface area contributed by atoms with Gasteiger partial charge in [-0.3, -0.25) is 4.99 Å². The summed E-state index contributed by atoms with van der Waals surface area (Å²) in [5.74, 6) is 5.93. The zero-order chi connectivity index (χ0) is 6.69. The van der Waals surface area contributed by atoms with Crippen molar-refractivity contribution in [3.05, 3.63) is 0 Å². The minimum atomic E-state index is 0.450. The molecule has 0 radical (unpaired) electrons. The molecule has 0 saturated carbocycles. The Kier molecular flexibility index (Phi) is 2.18. The van der Waals surface area contributed by atoms with E-state index in [2.05, 4.69) is 23.8 Å². The molecule has 0 aliphatic carbocycles. The van der Waals surface area contributed by atoms with Crippen molar-refractivity contribution in [1.29, 1.82) is 0 Å². The fraction of sp³-hybridized carbons (Fsp3) is 0.571. The molecule has 0 bridgehead atoms. The zero-order valence-electron chi connectivity index (χ0n) is 5.64. The summed E-state index contributed by atoms with van der Waals surface area (Å²) in [6, 6.07) is 0. The van der Waals surface area contributed by atoms with E-state index >= 15 is 0 Å². The summed E-state index contributed by atoms with van der Waals surface area (Å²) in [7, 11) is 0. The molecule has 1 rings (SSSR count). The van der Waals surface area contributed by atoms with Gasteiger partial charge in [-0.25, -0.2) is 0 Å². The number of rotatable bonds is 0. The van der Waals surface area contributed by atoms with E-state index in [1.807, 2.05) is 6.92 Å². The van der Waals surface area contributed by atoms with Gasteiger partial charge in [0, 0.05) is 6.42 Å². The molecule has 1 unspecified atom stereocenters. The summed E-state index contributed by atoms with van der Waals surface area (Å²) in [6.07, 6.45) is 0.925. The SMILES string of the molecule is CCC#CC1=NC(C)S1. The Morgan fingerprint density at radius 2 is 2.44 bits per heavy atom. The highest BCUT2D eigenvalue weighted by molar-refractivity contribution is 8.16. The zero-order valence-corrected chi connectivity index (χ0v) is 6.46. The third-order valence-corrected chi connectivity index (χ3v) is 1.83. The van der Waals surface area contributed by atoms with Gasteiger partial charge in [0.05, 0.1) is 0 Å². The van der Waals surface area contributed by atoms with Crippen LogP contribution in [0.15, 0.2) is 4.99 Å². The first kappa shape index (κ1) is 6.70. The number of thioether (sulfide) groups is 1. The second-order valence-electron chi connectivity index (χ2n) is 1.81. The van der Waals surface area contributed by atoms with Crippen LogP contribution < -0.4 is 0 Å². The molecule has 0 spiro atoms. The molecule has 1 heterocycles. The van der Waals surface area contributed by atoms with Crippen molar-refractivity contribution in [3.8, 4) is 11.8 Å². The third kappa shape index (κ3) is 1.76. The topological polar surface area (TPSA) is 12.4 Å². The molecule has 9 heavy (non-hydrogen) atoms. The predicted molar refractivity (Wildman–Crippen MR) is 42.6 cm³/mol. The van der Waals surface area contributed by atoms with Crippen LogP contribution in [0.3, 0.4) is 0 Å². The molecule has 0 N–H and O–H groups in total. The molecule has 1 aliphatic rings. The lowest BCUT2D eigenvalue weighted by Crippen LogP contribution is -2.10. The van der Waals surface area contributed by atoms with Gasteiger partial charge in [-0.1, -0.05) is 24.6 Å². The molecule has 0 aromatic carbocycles. The van der Waals surface area contributed by atoms with Crippen molar-refractivity contribution < 1.29 is 0 Å². The molecule has 1 atom stereocenters. The number of aliphatic imine (C=N–C) groups is 1. The quantitative estimate of drug-likeness (QED) is 0.467. The Hall–Kier alpha value is -0.420. The fourth-order valence-corrected chi connectivity index (χ4v) is 1.23. The standard InChI is InChI=1S/C7H9NS/c1-3-4-5-7-8-6(2)9-7/h6H,3H2,1-2H3. The first-order chi connectivity index (χ1) is 4.33. The van der Waals surface area contributed by atoms with Gasteiger partial charge in [0.15, 0.2) is 0 Å². The molecule has 1 nitrogen and oxygen atoms in total. The van der Waals surface area contributed by atoms with Gasteiger partial charge in [-0.15, -0.1) is 0 Å². The van der Waals surface area contributed by atoms with E-state index in [9.17, 15) is 0 Å². The number of hydrogen-bond acceptors (Lipinski definition) is 2. The van der Waals surface area contributed by atoms with Crippen LogP contribution in [0.5, 0.6) is 0 Å². The minimum absolute atomic E-state index is 0.450. The molecule has 48 valence electrons. The maximum Gasteiger partial charge on any atom is 0.144 e. The lowest BCUT2D eigenvalue weighted by atomic mass is 10.5. The molecular formula is C7H9NS. The van der Waals surface area contributed by atoms with Crippen molar-refractivity contribution in [3.63, 3.8) is 0 Å². The maximum atomic E-state index is 4.17. The normalized spacial score (nSPS) is 23.3. The largest absolute Gasteiger partial charge is 0.255 e. The number of nitrogens with zero attached hydrogens (tertiary/aromatic N) is 1. The van der Waals surface area contributed by atoms with Gasteiger partial charge in [0.25, 0.3) is 0 Å². The van der Waals surface area contributed by atoms with E-state index in [0.717, 1.165) is 11.5 Å². The average molecular weight is 139 g/mol. The molecule has 0 saturated heterocycles. The number of hydrogen-bond donors (Lipinski definition) is 0. The van der Waals surface area contributed by atoms with Crippen LogP contribution in [-0.4, -0.2) is 10.4 Å². The van der Waals surface area contributed by atoms with E-state index in [1.165, 1.54) is 0 Å². The Morgan fingerprint density at radius 1 is 1.78 bits per heavy atom. The fourth-order valence-electron chi connectivity index (χ4n) is 0.560. The molecule has 2 heteroatoms. The van der Waals surface area contributed by atoms with E-state index in [0.29, 0.717) is 5.37 Å². The highest BCUT2D eigenvalue weighted by atomic mass is 32.2. The van der Waals surface area contributed by atoms with Crippen molar-refractivity contribution >= 4 is 16.8 Å². The lowest BCUT2D eigenvalue weighted by Gasteiger charge is -2.13. The summed E-state index contributed by atoms with van der Waals surface area (Å²) in [6.45, 7) is 4.11. The van der Waals surface area contributed by atoms with Crippen LogP contribution in [0.2, 0.25) is 0 Å². The minimum Gasteiger partial charge on any atom is -0.255 e. The summed E-state index contributed by atoms with van der Waals surface area (Å²) in [5.41, 5.74) is 0. The second kappa shape index (κ2) is 2.93. The summed E-state index contributed by atoms with van der Waals surface area (Å²) < 4.78 is 0. The lowest BCUT2D eigenvalue weighted by molar-refractivity contribution is 1.04. The molecule has 0 aromatic heterocycles. The molecule has 0 amide bonds. The Balaban J connectivity index is 2.40. The summed E-state index contributed by atoms with van der Waals surface area (Å²) in [5, 5.41) is 1.45. The smallest absolute Gasteiger partial charge is 0.144 e. The van der Waals surface area contributed by atoms with E-state index < -0.39 is 0 Å². The van der Waals surface area contributed by atoms with Crippen molar-refractivity contribution in [2.24, 2.45) is 4.99 Å². The van der Waals surface area contributed by atoms with Gasteiger partial charge in [-0.2, -0.15) is 0 Å². The second-order valence-corrected chi connectivity index (χ2v) is 3.11. The van der Waals surface area contributed by atoms with Gasteiger partial charge >= 0.3 is 0 Å². The maximum absolute atomic E-state index is 4.17. The van der Waals surface area contributed by atoms with Gasteiger partial charge in [0.1, 0.15) is 10.4 Å². The molecule has 1 aliphatic heterocycles. The average Bonchev–Trinajstić information content (AvgIpc) is 1.78. The molecule has 0 fully saturated rings. The van der Waals surface area contributed by atoms with Crippen LogP contribution in [-0.2, 0) is 0 Å². The summed E-state index contributed by atoms with van der Waals surface area (Å²) in [4.78, 5) is 4.17. The van der Waals surface area contributed by atoms with E-state index in [1.54, 1.807) is 11.8 Å². The van der Waals surface area contributed by atoms with Crippen LogP contribution in [0.25, 0.3) is 0 Å². The monoisotopic (exact) mass is 139 g/mol. The highest BCUT2D eigenvalue weighted by Crippen LogP contribution is 2.23. The Bertz CT molecular complexity index is 185. The van der Waals surface area contributed by atoms with Gasteiger partial charge in [0.2, 0.25) is 0 Å². The van der Waals surface area contributed by atoms with E-state index in [-0.39, 0.29) is 0 Å². The first-order valence-corrected chi connectivity index (χ1v) is 3.94. The van der Waals surface area contributed by atoms with Crippen molar-refractivity contribution in [2.75, 3.05) is 0 Å². The van der Waals surface area contributed by atoms with Crippen LogP contribution >= 0.6 is 11.8 Å². The van der Waals surface area contributed by atoms with Crippen molar-refractivity contribution in [2.45, 2.75) is 25.6 Å². The van der Waals surface area contributed by atoms with Crippen LogP contribution in [0, 0.1) is 11.8 Å². The molecule has 0 aromatic rings. The Labute approximate surface area is 59.9 Å². The highest BCUT2D eigenvalue weighted by Gasteiger charge is 2.13. The Morgan fingerprint density at radius 3 is 2.89 bits per heavy atom. The van der Waals surface area contributed by atoms with Gasteiger partial charge < -0.3 is 0 Å². The van der Waals surface area contributed by atoms with Crippen molar-refractivity contribution in [1.82, 2.24) is 0 Å². The van der Waals surface area contributed by atoms with E-state index in [4.69, 9.17) is 0 Å². The van der Waals surface area contributed by atoms with Crippen LogP contribution in [0.4, 0.5) is 0 Å². The van der Waals surface area contributed by atoms with Gasteiger partial charge in [-0.05, 0) is 12.8 Å². The first-order valence-electron chi connectivity index (χ1n) is 3.06. The third-order valence-electron chi connectivity index (χ3n) is 0.953. The predicted octanol–water partition coefficient (Wildman–Crippen LogP) is 1.89. The molecular weight excluding hydrogens is 130 g/mol.